The van der Waals surface area contributed by atoms with E-state index in [1.54, 1.807) is 0 Å². The van der Waals surface area contributed by atoms with Crippen molar-refractivity contribution in [3.8, 4) is 0 Å². The minimum atomic E-state index is 0. The summed E-state index contributed by atoms with van der Waals surface area (Å²) in [4.78, 5) is 2.44. The van der Waals surface area contributed by atoms with Crippen LogP contribution in [0.2, 0.25) is 0 Å². The average Bonchev–Trinajstić information content (AvgIpc) is 2.72. The van der Waals surface area contributed by atoms with Crippen molar-refractivity contribution in [1.82, 2.24) is 10.2 Å². The monoisotopic (exact) mass is 262 g/mol. The van der Waals surface area contributed by atoms with Crippen molar-refractivity contribution < 1.29 is 0 Å². The van der Waals surface area contributed by atoms with Crippen LogP contribution in [0.5, 0.6) is 0 Å². The van der Waals surface area contributed by atoms with Gasteiger partial charge in [0.25, 0.3) is 0 Å². The van der Waals surface area contributed by atoms with Gasteiger partial charge in [-0.3, -0.25) is 4.90 Å². The summed E-state index contributed by atoms with van der Waals surface area (Å²) in [5.41, 5.74) is 1.40. The van der Waals surface area contributed by atoms with E-state index in [2.05, 4.69) is 47.6 Å². The SMILES string of the molecule is CN(Cc1ccccc1)C1CCNC1.Cl.Cl. The third kappa shape index (κ3) is 4.30. The van der Waals surface area contributed by atoms with Gasteiger partial charge in [-0.25, -0.2) is 0 Å². The second-order valence-electron chi connectivity index (χ2n) is 4.05. The quantitative estimate of drug-likeness (QED) is 0.900. The predicted octanol–water partition coefficient (Wildman–Crippen LogP) is 2.32. The van der Waals surface area contributed by atoms with Crippen LogP contribution in [0.3, 0.4) is 0 Å². The highest BCUT2D eigenvalue weighted by molar-refractivity contribution is 5.85. The number of benzene rings is 1. The summed E-state index contributed by atoms with van der Waals surface area (Å²) in [6, 6.07) is 11.4. The lowest BCUT2D eigenvalue weighted by atomic mass is 10.1. The Labute approximate surface area is 110 Å². The second-order valence-corrected chi connectivity index (χ2v) is 4.05. The van der Waals surface area contributed by atoms with Crippen LogP contribution in [0.25, 0.3) is 0 Å². The summed E-state index contributed by atoms with van der Waals surface area (Å²) in [6.45, 7) is 3.38. The number of hydrogen-bond acceptors (Lipinski definition) is 2. The van der Waals surface area contributed by atoms with Crippen molar-refractivity contribution in [2.45, 2.75) is 19.0 Å². The fraction of sp³-hybridized carbons (Fsp3) is 0.500. The summed E-state index contributed by atoms with van der Waals surface area (Å²) >= 11 is 0. The van der Waals surface area contributed by atoms with Crippen LogP contribution in [0.15, 0.2) is 30.3 Å². The third-order valence-electron chi connectivity index (χ3n) is 2.93. The molecule has 2 nitrogen and oxygen atoms in total. The molecular weight excluding hydrogens is 243 g/mol. The fourth-order valence-corrected chi connectivity index (χ4v) is 2.02. The number of hydrogen-bond donors (Lipinski definition) is 1. The smallest absolute Gasteiger partial charge is 0.0234 e. The molecule has 1 atom stereocenters. The zero-order valence-electron chi connectivity index (χ0n) is 9.56. The third-order valence-corrected chi connectivity index (χ3v) is 2.93. The summed E-state index contributed by atoms with van der Waals surface area (Å²) in [6.07, 6.45) is 1.28. The number of rotatable bonds is 3. The van der Waals surface area contributed by atoms with Gasteiger partial charge in [0.15, 0.2) is 0 Å². The molecule has 0 bridgehead atoms. The number of nitrogens with zero attached hydrogens (tertiary/aromatic N) is 1. The minimum absolute atomic E-state index is 0. The van der Waals surface area contributed by atoms with Crippen LogP contribution in [-0.2, 0) is 6.54 Å². The Kier molecular flexibility index (Phi) is 7.77. The highest BCUT2D eigenvalue weighted by Gasteiger charge is 2.18. The van der Waals surface area contributed by atoms with E-state index in [4.69, 9.17) is 0 Å². The van der Waals surface area contributed by atoms with E-state index >= 15 is 0 Å². The Morgan fingerprint density at radius 2 is 1.94 bits per heavy atom. The van der Waals surface area contributed by atoms with E-state index in [0.717, 1.165) is 19.1 Å². The molecule has 1 N–H and O–H groups in total. The van der Waals surface area contributed by atoms with Crippen molar-refractivity contribution in [2.24, 2.45) is 0 Å². The van der Waals surface area contributed by atoms with Gasteiger partial charge >= 0.3 is 0 Å². The number of halogens is 2. The van der Waals surface area contributed by atoms with Crippen molar-refractivity contribution in [3.05, 3.63) is 35.9 Å². The maximum Gasteiger partial charge on any atom is 0.0234 e. The molecule has 0 spiro atoms. The molecule has 1 aromatic carbocycles. The molecule has 16 heavy (non-hydrogen) atoms. The molecule has 1 aromatic rings. The standard InChI is InChI=1S/C12H18N2.2ClH/c1-14(12-7-8-13-9-12)10-11-5-3-2-4-6-11;;/h2-6,12-13H,7-10H2,1H3;2*1H. The summed E-state index contributed by atoms with van der Waals surface area (Å²) < 4.78 is 0. The first-order valence-electron chi connectivity index (χ1n) is 5.31. The first-order valence-corrected chi connectivity index (χ1v) is 5.31. The zero-order chi connectivity index (χ0) is 9.80. The molecule has 0 radical (unpaired) electrons. The highest BCUT2D eigenvalue weighted by Crippen LogP contribution is 2.10. The lowest BCUT2D eigenvalue weighted by Crippen LogP contribution is -2.32. The van der Waals surface area contributed by atoms with Gasteiger partial charge in [-0.05, 0) is 25.6 Å². The van der Waals surface area contributed by atoms with Gasteiger partial charge in [-0.15, -0.1) is 24.8 Å². The maximum atomic E-state index is 3.40. The van der Waals surface area contributed by atoms with Crippen molar-refractivity contribution in [3.63, 3.8) is 0 Å². The average molecular weight is 263 g/mol. The summed E-state index contributed by atoms with van der Waals surface area (Å²) in [5.74, 6) is 0. The van der Waals surface area contributed by atoms with Gasteiger partial charge < -0.3 is 5.32 Å². The molecule has 1 fully saturated rings. The van der Waals surface area contributed by atoms with Gasteiger partial charge in [-0.2, -0.15) is 0 Å². The molecular formula is C12H20Cl2N2. The zero-order valence-corrected chi connectivity index (χ0v) is 11.2. The molecule has 1 saturated heterocycles. The number of likely N-dealkylation sites (N-methyl/N-ethyl adjacent to an activating group) is 1. The second kappa shape index (κ2) is 7.91. The first kappa shape index (κ1) is 15.7. The van der Waals surface area contributed by atoms with Crippen LogP contribution >= 0.6 is 24.8 Å². The van der Waals surface area contributed by atoms with E-state index in [1.165, 1.54) is 18.5 Å². The van der Waals surface area contributed by atoms with Gasteiger partial charge in [0.1, 0.15) is 0 Å². The van der Waals surface area contributed by atoms with Gasteiger partial charge in [0.05, 0.1) is 0 Å². The van der Waals surface area contributed by atoms with Crippen LogP contribution in [0.1, 0.15) is 12.0 Å². The molecule has 0 aliphatic carbocycles. The fourth-order valence-electron chi connectivity index (χ4n) is 2.02. The summed E-state index contributed by atoms with van der Waals surface area (Å²) in [7, 11) is 2.21. The molecule has 1 heterocycles. The van der Waals surface area contributed by atoms with Gasteiger partial charge in [-0.1, -0.05) is 30.3 Å². The topological polar surface area (TPSA) is 15.3 Å². The largest absolute Gasteiger partial charge is 0.315 e. The predicted molar refractivity (Wildman–Crippen MR) is 73.7 cm³/mol. The van der Waals surface area contributed by atoms with Crippen molar-refractivity contribution in [2.75, 3.05) is 20.1 Å². The van der Waals surface area contributed by atoms with Crippen LogP contribution in [0, 0.1) is 0 Å². The molecule has 1 aliphatic rings. The van der Waals surface area contributed by atoms with Crippen LogP contribution < -0.4 is 5.32 Å². The van der Waals surface area contributed by atoms with E-state index in [1.807, 2.05) is 0 Å². The Hall–Kier alpha value is -0.280. The Morgan fingerprint density at radius 3 is 2.50 bits per heavy atom. The van der Waals surface area contributed by atoms with E-state index < -0.39 is 0 Å². The Balaban J connectivity index is 0.00000112. The molecule has 2 rings (SSSR count). The molecule has 1 aliphatic heterocycles. The maximum absolute atomic E-state index is 3.40. The minimum Gasteiger partial charge on any atom is -0.315 e. The van der Waals surface area contributed by atoms with Gasteiger partial charge in [0.2, 0.25) is 0 Å². The van der Waals surface area contributed by atoms with E-state index in [-0.39, 0.29) is 24.8 Å². The van der Waals surface area contributed by atoms with Crippen LogP contribution in [0.4, 0.5) is 0 Å². The Morgan fingerprint density at radius 1 is 1.25 bits per heavy atom. The molecule has 0 amide bonds. The lowest BCUT2D eigenvalue weighted by molar-refractivity contribution is 0.249. The highest BCUT2D eigenvalue weighted by atomic mass is 35.5. The first-order chi connectivity index (χ1) is 6.86. The number of nitrogens with one attached hydrogen (secondary N) is 1. The van der Waals surface area contributed by atoms with E-state index in [9.17, 15) is 0 Å². The van der Waals surface area contributed by atoms with E-state index in [0.29, 0.717) is 0 Å². The van der Waals surface area contributed by atoms with Crippen molar-refractivity contribution in [1.29, 1.82) is 0 Å². The normalized spacial score (nSPS) is 19.0. The Bertz CT molecular complexity index is 274. The molecule has 0 saturated carbocycles. The molecule has 1 unspecified atom stereocenters. The molecule has 4 heteroatoms. The van der Waals surface area contributed by atoms with Crippen LogP contribution in [-0.4, -0.2) is 31.1 Å². The molecule has 0 aromatic heterocycles. The van der Waals surface area contributed by atoms with Gasteiger partial charge in [0, 0.05) is 19.1 Å². The lowest BCUT2D eigenvalue weighted by Gasteiger charge is -2.23. The summed E-state index contributed by atoms with van der Waals surface area (Å²) in [5, 5.41) is 3.40. The van der Waals surface area contributed by atoms with Crippen molar-refractivity contribution >= 4 is 24.8 Å². The molecule has 92 valence electrons.